The molecule has 1 aliphatic carbocycles. The predicted octanol–water partition coefficient (Wildman–Crippen LogP) is -0.303. The van der Waals surface area contributed by atoms with Crippen LogP contribution in [0.5, 0.6) is 0 Å². The zero-order chi connectivity index (χ0) is 8.17. The van der Waals surface area contributed by atoms with Crippen molar-refractivity contribution in [3.8, 4) is 0 Å². The normalized spacial score (nSPS) is 39.9. The molecule has 1 aliphatic heterocycles. The molecule has 0 aromatic carbocycles. The Labute approximate surface area is 66.5 Å². The van der Waals surface area contributed by atoms with E-state index in [1.165, 1.54) is 0 Å². The van der Waals surface area contributed by atoms with Crippen molar-refractivity contribution in [2.75, 3.05) is 0 Å². The molecule has 0 aromatic rings. The second-order valence-corrected chi connectivity index (χ2v) is 2.99. The van der Waals surface area contributed by atoms with Crippen LogP contribution in [0.4, 0.5) is 0 Å². The summed E-state index contributed by atoms with van der Waals surface area (Å²) < 4.78 is 4.21. The van der Waals surface area contributed by atoms with Crippen LogP contribution >= 0.6 is 11.6 Å². The Balaban J connectivity index is 2.22. The standard InChI is InChI=1S/C6H3ClO4/c7-4(8)1-2-3(1)6(10)11-5(2)9/h1-3H/t1?,2-,3+. The number of fused-ring (bicyclic) bond motifs is 1. The van der Waals surface area contributed by atoms with Crippen LogP contribution < -0.4 is 0 Å². The summed E-state index contributed by atoms with van der Waals surface area (Å²) in [6, 6.07) is 0. The maximum Gasteiger partial charge on any atom is 0.318 e. The van der Waals surface area contributed by atoms with Crippen molar-refractivity contribution in [3.05, 3.63) is 0 Å². The predicted molar refractivity (Wildman–Crippen MR) is 32.4 cm³/mol. The molecule has 0 spiro atoms. The molecule has 0 bridgehead atoms. The first-order valence-corrected chi connectivity index (χ1v) is 3.45. The van der Waals surface area contributed by atoms with E-state index in [2.05, 4.69) is 4.74 Å². The minimum atomic E-state index is -0.620. The zero-order valence-electron chi connectivity index (χ0n) is 5.24. The fraction of sp³-hybridized carbons (Fsp3) is 0.500. The Morgan fingerprint density at radius 3 is 2.00 bits per heavy atom. The van der Waals surface area contributed by atoms with E-state index in [0.717, 1.165) is 0 Å². The number of carbonyl (C=O) groups is 3. The number of rotatable bonds is 1. The van der Waals surface area contributed by atoms with Crippen LogP contribution in [0.15, 0.2) is 0 Å². The van der Waals surface area contributed by atoms with Crippen LogP contribution in [0.1, 0.15) is 0 Å². The van der Waals surface area contributed by atoms with Gasteiger partial charge in [-0.2, -0.15) is 0 Å². The quantitative estimate of drug-likeness (QED) is 0.311. The molecule has 0 N–H and O–H groups in total. The third-order valence-electron chi connectivity index (χ3n) is 2.03. The average Bonchev–Trinajstić information content (AvgIpc) is 2.53. The second-order valence-electron chi connectivity index (χ2n) is 2.62. The van der Waals surface area contributed by atoms with Gasteiger partial charge in [-0.3, -0.25) is 14.4 Å². The summed E-state index contributed by atoms with van der Waals surface area (Å²) in [7, 11) is 0. The van der Waals surface area contributed by atoms with Gasteiger partial charge < -0.3 is 4.74 Å². The molecule has 2 rings (SSSR count). The fourth-order valence-corrected chi connectivity index (χ4v) is 1.69. The van der Waals surface area contributed by atoms with Crippen molar-refractivity contribution in [2.45, 2.75) is 0 Å². The molecule has 1 saturated heterocycles. The largest absolute Gasteiger partial charge is 0.393 e. The minimum Gasteiger partial charge on any atom is -0.393 e. The Morgan fingerprint density at radius 1 is 1.27 bits per heavy atom. The first-order chi connectivity index (χ1) is 5.13. The molecule has 58 valence electrons. The van der Waals surface area contributed by atoms with E-state index < -0.39 is 34.9 Å². The Kier molecular flexibility index (Phi) is 1.12. The highest BCUT2D eigenvalue weighted by Gasteiger charge is 2.69. The van der Waals surface area contributed by atoms with Gasteiger partial charge in [-0.25, -0.2) is 0 Å². The molecule has 1 heterocycles. The molecular formula is C6H3ClO4. The molecule has 4 nitrogen and oxygen atoms in total. The van der Waals surface area contributed by atoms with Crippen LogP contribution in [0.3, 0.4) is 0 Å². The minimum absolute atomic E-state index is 0.576. The van der Waals surface area contributed by atoms with Crippen LogP contribution in [-0.2, 0) is 19.1 Å². The van der Waals surface area contributed by atoms with Crippen LogP contribution in [0.25, 0.3) is 0 Å². The van der Waals surface area contributed by atoms with Gasteiger partial charge >= 0.3 is 11.9 Å². The summed E-state index contributed by atoms with van der Waals surface area (Å²) in [5.74, 6) is -2.98. The van der Waals surface area contributed by atoms with Crippen molar-refractivity contribution in [1.82, 2.24) is 0 Å². The molecule has 0 radical (unpaired) electrons. The van der Waals surface area contributed by atoms with Crippen molar-refractivity contribution < 1.29 is 19.1 Å². The van der Waals surface area contributed by atoms with Crippen molar-refractivity contribution in [3.63, 3.8) is 0 Å². The summed E-state index contributed by atoms with van der Waals surface area (Å²) in [6.07, 6.45) is 0. The van der Waals surface area contributed by atoms with E-state index in [1.807, 2.05) is 0 Å². The highest BCUT2D eigenvalue weighted by atomic mass is 35.5. The van der Waals surface area contributed by atoms with Crippen molar-refractivity contribution >= 4 is 28.8 Å². The lowest BCUT2D eigenvalue weighted by Gasteiger charge is -1.95. The van der Waals surface area contributed by atoms with Crippen molar-refractivity contribution in [1.29, 1.82) is 0 Å². The van der Waals surface area contributed by atoms with Gasteiger partial charge in [0.15, 0.2) is 0 Å². The maximum atomic E-state index is 10.7. The van der Waals surface area contributed by atoms with Gasteiger partial charge in [0, 0.05) is 0 Å². The molecule has 3 atom stereocenters. The van der Waals surface area contributed by atoms with Gasteiger partial charge in [-0.15, -0.1) is 0 Å². The maximum absolute atomic E-state index is 10.7. The first-order valence-electron chi connectivity index (χ1n) is 3.08. The van der Waals surface area contributed by atoms with Crippen LogP contribution in [-0.4, -0.2) is 17.2 Å². The number of hydrogen-bond donors (Lipinski definition) is 0. The van der Waals surface area contributed by atoms with E-state index >= 15 is 0 Å². The average molecular weight is 175 g/mol. The lowest BCUT2D eigenvalue weighted by atomic mass is 10.3. The summed E-state index contributed by atoms with van der Waals surface area (Å²) >= 11 is 5.11. The highest BCUT2D eigenvalue weighted by Crippen LogP contribution is 2.53. The Morgan fingerprint density at radius 2 is 1.73 bits per heavy atom. The van der Waals surface area contributed by atoms with Crippen LogP contribution in [0.2, 0.25) is 0 Å². The van der Waals surface area contributed by atoms with Gasteiger partial charge in [0.25, 0.3) is 0 Å². The van der Waals surface area contributed by atoms with Gasteiger partial charge in [0.1, 0.15) is 0 Å². The second kappa shape index (κ2) is 1.82. The van der Waals surface area contributed by atoms with Gasteiger partial charge in [-0.1, -0.05) is 0 Å². The topological polar surface area (TPSA) is 60.4 Å². The van der Waals surface area contributed by atoms with Crippen LogP contribution in [0, 0.1) is 17.8 Å². The summed E-state index contributed by atoms with van der Waals surface area (Å²) in [6.45, 7) is 0. The smallest absolute Gasteiger partial charge is 0.318 e. The van der Waals surface area contributed by atoms with E-state index in [4.69, 9.17) is 11.6 Å². The summed E-state index contributed by atoms with van der Waals surface area (Å²) in [4.78, 5) is 31.9. The zero-order valence-corrected chi connectivity index (χ0v) is 6.00. The third-order valence-corrected chi connectivity index (χ3v) is 2.28. The number of carbonyl (C=O) groups excluding carboxylic acids is 3. The molecular weight excluding hydrogens is 172 g/mol. The van der Waals surface area contributed by atoms with E-state index in [-0.39, 0.29) is 0 Å². The van der Waals surface area contributed by atoms with E-state index in [1.54, 1.807) is 0 Å². The number of hydrogen-bond acceptors (Lipinski definition) is 4. The number of halogens is 1. The molecule has 0 aromatic heterocycles. The third kappa shape index (κ3) is 0.728. The lowest BCUT2D eigenvalue weighted by Crippen LogP contribution is -2.12. The van der Waals surface area contributed by atoms with Crippen molar-refractivity contribution in [2.24, 2.45) is 17.8 Å². The first kappa shape index (κ1) is 6.79. The molecule has 0 amide bonds. The Bertz CT molecular complexity index is 245. The SMILES string of the molecule is O=C(Cl)C1[C@H]2C(=O)OC(=O)[C@@H]12. The Hall–Kier alpha value is -0.900. The van der Waals surface area contributed by atoms with E-state index in [0.29, 0.717) is 0 Å². The van der Waals surface area contributed by atoms with Gasteiger partial charge in [0.05, 0.1) is 17.8 Å². The molecule has 1 saturated carbocycles. The fourth-order valence-electron chi connectivity index (χ4n) is 1.42. The number of ether oxygens (including phenoxy) is 1. The number of cyclic esters (lactones) is 2. The molecule has 5 heteroatoms. The highest BCUT2D eigenvalue weighted by molar-refractivity contribution is 6.65. The summed E-state index contributed by atoms with van der Waals surface area (Å²) in [5, 5.41) is -0.620. The van der Waals surface area contributed by atoms with E-state index in [9.17, 15) is 14.4 Å². The molecule has 1 unspecified atom stereocenters. The molecule has 11 heavy (non-hydrogen) atoms. The molecule has 2 aliphatic rings. The number of esters is 2. The molecule has 2 fully saturated rings. The van der Waals surface area contributed by atoms with Gasteiger partial charge in [0.2, 0.25) is 5.24 Å². The monoisotopic (exact) mass is 174 g/mol. The van der Waals surface area contributed by atoms with Gasteiger partial charge in [-0.05, 0) is 11.6 Å². The lowest BCUT2D eigenvalue weighted by molar-refractivity contribution is -0.157. The summed E-state index contributed by atoms with van der Waals surface area (Å²) in [5.41, 5.74) is 0.